The molecule has 3 heterocycles. The van der Waals surface area contributed by atoms with Crippen molar-refractivity contribution in [2.75, 3.05) is 20.8 Å². The average molecular weight is 572 g/mol. The number of carbonyl (C=O) groups excluding carboxylic acids is 1. The summed E-state index contributed by atoms with van der Waals surface area (Å²) in [6.07, 6.45) is 1.91. The van der Waals surface area contributed by atoms with E-state index in [1.165, 1.54) is 16.9 Å². The molecule has 4 aromatic rings. The van der Waals surface area contributed by atoms with E-state index in [9.17, 15) is 9.59 Å². The number of carbonyl (C=O) groups is 1. The zero-order chi connectivity index (χ0) is 29.4. The maximum absolute atomic E-state index is 14.1. The van der Waals surface area contributed by atoms with Gasteiger partial charge in [0.15, 0.2) is 4.80 Å². The Kier molecular flexibility index (Phi) is 7.73. The Morgan fingerprint density at radius 2 is 1.76 bits per heavy atom. The fourth-order valence-electron chi connectivity index (χ4n) is 5.30. The molecule has 1 atom stereocenters. The van der Waals surface area contributed by atoms with Crippen LogP contribution in [0.25, 0.3) is 11.8 Å². The second-order valence-corrected chi connectivity index (χ2v) is 10.9. The smallest absolute Gasteiger partial charge is 0.338 e. The van der Waals surface area contributed by atoms with Crippen molar-refractivity contribution in [2.45, 2.75) is 40.7 Å². The van der Waals surface area contributed by atoms with Crippen LogP contribution in [0.4, 0.5) is 0 Å². The second-order valence-electron chi connectivity index (χ2n) is 9.91. The van der Waals surface area contributed by atoms with Crippen molar-refractivity contribution in [1.29, 1.82) is 0 Å². The van der Waals surface area contributed by atoms with Crippen molar-refractivity contribution >= 4 is 23.4 Å². The Balaban J connectivity index is 1.72. The van der Waals surface area contributed by atoms with Crippen molar-refractivity contribution in [3.63, 3.8) is 0 Å². The normalized spacial score (nSPS) is 15.0. The lowest BCUT2D eigenvalue weighted by molar-refractivity contribution is -0.139. The van der Waals surface area contributed by atoms with E-state index in [2.05, 4.69) is 53.7 Å². The molecule has 2 aromatic heterocycles. The number of hydrogen-bond acceptors (Lipinski definition) is 7. The van der Waals surface area contributed by atoms with Crippen LogP contribution in [0.1, 0.15) is 48.0 Å². The van der Waals surface area contributed by atoms with Gasteiger partial charge in [0.2, 0.25) is 0 Å². The number of methoxy groups -OCH3 is 2. The van der Waals surface area contributed by atoms with Gasteiger partial charge in [-0.2, -0.15) is 0 Å². The first-order chi connectivity index (χ1) is 19.7. The summed E-state index contributed by atoms with van der Waals surface area (Å²) in [6.45, 7) is 9.87. The molecule has 0 unspecified atom stereocenters. The number of allylic oxidation sites excluding steroid dienone is 1. The molecular formula is C32H33N3O5S. The molecule has 0 saturated carbocycles. The fourth-order valence-corrected chi connectivity index (χ4v) is 6.33. The number of fused-ring (bicyclic) bond motifs is 1. The minimum atomic E-state index is -0.784. The Hall–Kier alpha value is -4.37. The molecule has 1 aliphatic heterocycles. The molecule has 1 aliphatic rings. The number of thiazole rings is 1. The molecule has 0 fully saturated rings. The Morgan fingerprint density at radius 3 is 2.41 bits per heavy atom. The van der Waals surface area contributed by atoms with Gasteiger partial charge in [0, 0.05) is 28.7 Å². The summed E-state index contributed by atoms with van der Waals surface area (Å²) < 4.78 is 20.8. The van der Waals surface area contributed by atoms with Gasteiger partial charge in [0.05, 0.1) is 36.6 Å². The Bertz CT molecular complexity index is 1860. The van der Waals surface area contributed by atoms with Crippen LogP contribution >= 0.6 is 11.3 Å². The van der Waals surface area contributed by atoms with Crippen LogP contribution < -0.4 is 24.4 Å². The van der Waals surface area contributed by atoms with Gasteiger partial charge in [-0.15, -0.1) is 0 Å². The molecule has 41 heavy (non-hydrogen) atoms. The van der Waals surface area contributed by atoms with Gasteiger partial charge >= 0.3 is 5.97 Å². The van der Waals surface area contributed by atoms with Crippen LogP contribution in [0.15, 0.2) is 69.6 Å². The molecule has 212 valence electrons. The summed E-state index contributed by atoms with van der Waals surface area (Å²) in [5.41, 5.74) is 6.46. The molecule has 8 nitrogen and oxygen atoms in total. The van der Waals surface area contributed by atoms with E-state index < -0.39 is 12.0 Å². The Morgan fingerprint density at radius 1 is 1.02 bits per heavy atom. The van der Waals surface area contributed by atoms with Crippen LogP contribution in [0.5, 0.6) is 11.5 Å². The number of nitrogens with zero attached hydrogens (tertiary/aromatic N) is 3. The minimum absolute atomic E-state index is 0.198. The van der Waals surface area contributed by atoms with Crippen LogP contribution in [0.2, 0.25) is 0 Å². The highest BCUT2D eigenvalue weighted by atomic mass is 32.1. The van der Waals surface area contributed by atoms with Crippen molar-refractivity contribution < 1.29 is 19.0 Å². The first-order valence-electron chi connectivity index (χ1n) is 13.4. The van der Waals surface area contributed by atoms with Gasteiger partial charge in [-0.05, 0) is 76.6 Å². The van der Waals surface area contributed by atoms with E-state index in [0.717, 1.165) is 22.6 Å². The van der Waals surface area contributed by atoms with E-state index in [0.29, 0.717) is 37.7 Å². The van der Waals surface area contributed by atoms with Gasteiger partial charge < -0.3 is 18.8 Å². The third-order valence-electron chi connectivity index (χ3n) is 7.30. The molecule has 2 aromatic carbocycles. The predicted octanol–water partition coefficient (Wildman–Crippen LogP) is 4.53. The third-order valence-corrected chi connectivity index (χ3v) is 8.28. The summed E-state index contributed by atoms with van der Waals surface area (Å²) in [4.78, 5) is 32.5. The average Bonchev–Trinajstić information content (AvgIpc) is 3.41. The van der Waals surface area contributed by atoms with Crippen molar-refractivity contribution in [1.82, 2.24) is 9.13 Å². The monoisotopic (exact) mass is 571 g/mol. The quantitative estimate of drug-likeness (QED) is 0.305. The minimum Gasteiger partial charge on any atom is -0.497 e. The molecule has 0 saturated heterocycles. The highest BCUT2D eigenvalue weighted by Crippen LogP contribution is 2.37. The summed E-state index contributed by atoms with van der Waals surface area (Å²) in [6, 6.07) is 15.0. The van der Waals surface area contributed by atoms with Crippen LogP contribution in [-0.4, -0.2) is 35.9 Å². The molecule has 0 radical (unpaired) electrons. The lowest BCUT2D eigenvalue weighted by Crippen LogP contribution is -2.40. The summed E-state index contributed by atoms with van der Waals surface area (Å²) in [7, 11) is 3.12. The van der Waals surface area contributed by atoms with Gasteiger partial charge in [0.1, 0.15) is 17.5 Å². The molecule has 5 rings (SSSR count). The topological polar surface area (TPSA) is 84.1 Å². The number of hydrogen-bond donors (Lipinski definition) is 0. The van der Waals surface area contributed by atoms with Gasteiger partial charge in [-0.25, -0.2) is 9.79 Å². The third kappa shape index (κ3) is 5.02. The zero-order valence-corrected chi connectivity index (χ0v) is 25.1. The molecule has 0 bridgehead atoms. The number of benzene rings is 2. The maximum Gasteiger partial charge on any atom is 0.338 e. The molecule has 0 N–H and O–H groups in total. The first-order valence-corrected chi connectivity index (χ1v) is 14.2. The fraction of sp³-hybridized carbons (Fsp3) is 0.281. The van der Waals surface area contributed by atoms with E-state index in [1.807, 2.05) is 19.1 Å². The van der Waals surface area contributed by atoms with Crippen LogP contribution in [0, 0.1) is 20.8 Å². The molecule has 0 aliphatic carbocycles. The SMILES string of the molecule is CCOC(=O)C1=C(C)N=c2s/c(=C\c3cc(C)n(-c4ccc(C)cc4)c3C)c(=O)n2[C@@H]1c1ccc(OC)cc1OC. The molecular weight excluding hydrogens is 538 g/mol. The lowest BCUT2D eigenvalue weighted by Gasteiger charge is -2.26. The maximum atomic E-state index is 14.1. The largest absolute Gasteiger partial charge is 0.497 e. The first kappa shape index (κ1) is 28.2. The van der Waals surface area contributed by atoms with Gasteiger partial charge in [-0.1, -0.05) is 29.0 Å². The molecule has 9 heteroatoms. The predicted molar refractivity (Wildman–Crippen MR) is 160 cm³/mol. The second kappa shape index (κ2) is 11.2. The lowest BCUT2D eigenvalue weighted by atomic mass is 9.95. The van der Waals surface area contributed by atoms with E-state index in [-0.39, 0.29) is 12.2 Å². The molecule has 0 spiro atoms. The number of esters is 1. The summed E-state index contributed by atoms with van der Waals surface area (Å²) >= 11 is 1.30. The number of ether oxygens (including phenoxy) is 3. The van der Waals surface area contributed by atoms with Crippen LogP contribution in [-0.2, 0) is 9.53 Å². The highest BCUT2D eigenvalue weighted by molar-refractivity contribution is 7.07. The zero-order valence-electron chi connectivity index (χ0n) is 24.3. The standard InChI is InChI=1S/C32H33N3O5S/c1-8-40-31(37)28-20(4)33-32-35(29(28)25-14-13-24(38-6)17-26(25)39-7)30(36)27(41-32)16-22-15-19(3)34(21(22)5)23-11-9-18(2)10-12-23/h9-17,29H,8H2,1-7H3/b27-16-/t29-/m1/s1. The van der Waals surface area contributed by atoms with Gasteiger partial charge in [0.25, 0.3) is 5.56 Å². The van der Waals surface area contributed by atoms with Crippen molar-refractivity contribution in [2.24, 2.45) is 4.99 Å². The van der Waals surface area contributed by atoms with Crippen LogP contribution in [0.3, 0.4) is 0 Å². The number of aryl methyl sites for hydroxylation is 2. The van der Waals surface area contributed by atoms with E-state index in [1.54, 1.807) is 44.8 Å². The highest BCUT2D eigenvalue weighted by Gasteiger charge is 2.35. The summed E-state index contributed by atoms with van der Waals surface area (Å²) in [5, 5.41) is 0. The number of rotatable bonds is 7. The Labute approximate surface area is 242 Å². The van der Waals surface area contributed by atoms with E-state index in [4.69, 9.17) is 14.2 Å². The molecule has 0 amide bonds. The van der Waals surface area contributed by atoms with Gasteiger partial charge in [-0.3, -0.25) is 9.36 Å². The van der Waals surface area contributed by atoms with Crippen molar-refractivity contribution in [3.05, 3.63) is 108 Å². The number of aromatic nitrogens is 2. The van der Waals surface area contributed by atoms with Crippen molar-refractivity contribution in [3.8, 4) is 17.2 Å². The summed E-state index contributed by atoms with van der Waals surface area (Å²) in [5.74, 6) is 0.565. The van der Waals surface area contributed by atoms with E-state index >= 15 is 0 Å².